The molecule has 1 amide bonds. The van der Waals surface area contributed by atoms with Gasteiger partial charge in [-0.25, -0.2) is 14.8 Å². The topological polar surface area (TPSA) is 95.9 Å². The fraction of sp³-hybridized carbons (Fsp3) is 0.500. The third-order valence-corrected chi connectivity index (χ3v) is 5.52. The molecule has 0 aromatic carbocycles. The van der Waals surface area contributed by atoms with Crippen molar-refractivity contribution in [1.82, 2.24) is 14.9 Å². The van der Waals surface area contributed by atoms with E-state index in [1.807, 2.05) is 16.3 Å². The molecule has 25 heavy (non-hydrogen) atoms. The lowest BCUT2D eigenvalue weighted by Crippen LogP contribution is -2.53. The molecule has 4 rings (SSSR count). The van der Waals surface area contributed by atoms with E-state index in [9.17, 15) is 9.59 Å². The van der Waals surface area contributed by atoms with Crippen LogP contribution >= 0.6 is 11.3 Å². The third-order valence-electron chi connectivity index (χ3n) is 4.70. The summed E-state index contributed by atoms with van der Waals surface area (Å²) < 4.78 is 5.21. The minimum Gasteiger partial charge on any atom is -0.479 e. The molecule has 2 saturated heterocycles. The van der Waals surface area contributed by atoms with Crippen molar-refractivity contribution >= 4 is 39.2 Å². The van der Waals surface area contributed by atoms with E-state index in [-0.39, 0.29) is 25.1 Å². The minimum atomic E-state index is -1.03. The van der Waals surface area contributed by atoms with Crippen molar-refractivity contribution < 1.29 is 19.4 Å². The molecule has 0 spiro atoms. The second-order valence-corrected chi connectivity index (χ2v) is 7.06. The highest BCUT2D eigenvalue weighted by atomic mass is 32.1. The second kappa shape index (κ2) is 6.57. The standard InChI is InChI=1S/C16H18N4O4S/c21-15(19-5-6-24-12(8-19)16(22)23)11-2-1-4-20(11)13-10-3-7-25-14(10)18-9-17-13/h3,7,9,11-12H,1-2,4-6,8H2,(H,22,23)/t11-,12+/m0/s1. The van der Waals surface area contributed by atoms with E-state index in [0.29, 0.717) is 6.54 Å². The van der Waals surface area contributed by atoms with Gasteiger partial charge in [0.2, 0.25) is 5.91 Å². The molecule has 2 atom stereocenters. The number of carbonyl (C=O) groups excluding carboxylic acids is 1. The Morgan fingerprint density at radius 2 is 2.20 bits per heavy atom. The lowest BCUT2D eigenvalue weighted by molar-refractivity contribution is -0.159. The van der Waals surface area contributed by atoms with Crippen molar-refractivity contribution in [2.75, 3.05) is 31.1 Å². The molecule has 2 aromatic rings. The molecule has 8 nitrogen and oxygen atoms in total. The molecule has 2 aromatic heterocycles. The number of ether oxygens (including phenoxy) is 1. The number of amides is 1. The number of thiophene rings is 1. The zero-order valence-electron chi connectivity index (χ0n) is 13.5. The van der Waals surface area contributed by atoms with Gasteiger partial charge in [0, 0.05) is 13.1 Å². The van der Waals surface area contributed by atoms with Crippen LogP contribution in [0.2, 0.25) is 0 Å². The van der Waals surface area contributed by atoms with Gasteiger partial charge in [-0.15, -0.1) is 11.3 Å². The van der Waals surface area contributed by atoms with Crippen molar-refractivity contribution in [3.63, 3.8) is 0 Å². The quantitative estimate of drug-likeness (QED) is 0.869. The van der Waals surface area contributed by atoms with Crippen LogP contribution in [0.4, 0.5) is 5.82 Å². The molecular weight excluding hydrogens is 344 g/mol. The summed E-state index contributed by atoms with van der Waals surface area (Å²) >= 11 is 1.55. The van der Waals surface area contributed by atoms with Crippen LogP contribution in [0.15, 0.2) is 17.8 Å². The molecule has 9 heteroatoms. The number of rotatable bonds is 3. The van der Waals surface area contributed by atoms with Gasteiger partial charge in [0.15, 0.2) is 6.10 Å². The molecule has 2 aliphatic heterocycles. The summed E-state index contributed by atoms with van der Waals surface area (Å²) in [4.78, 5) is 37.4. The van der Waals surface area contributed by atoms with E-state index in [1.165, 1.54) is 6.33 Å². The average molecular weight is 362 g/mol. The Balaban J connectivity index is 1.58. The van der Waals surface area contributed by atoms with Crippen LogP contribution < -0.4 is 4.90 Å². The summed E-state index contributed by atoms with van der Waals surface area (Å²) in [5, 5.41) is 12.1. The normalized spacial score (nSPS) is 24.0. The van der Waals surface area contributed by atoms with E-state index in [0.717, 1.165) is 35.4 Å². The fourth-order valence-electron chi connectivity index (χ4n) is 3.49. The molecule has 4 heterocycles. The van der Waals surface area contributed by atoms with Gasteiger partial charge in [0.05, 0.1) is 18.5 Å². The monoisotopic (exact) mass is 362 g/mol. The summed E-state index contributed by atoms with van der Waals surface area (Å²) in [5.74, 6) is -0.296. The lowest BCUT2D eigenvalue weighted by atomic mass is 10.1. The lowest BCUT2D eigenvalue weighted by Gasteiger charge is -2.35. The Labute approximate surface area is 148 Å². The van der Waals surface area contributed by atoms with Gasteiger partial charge in [-0.05, 0) is 24.3 Å². The SMILES string of the molecule is O=C(O)[C@H]1CN(C(=O)[C@@H]2CCCN2c2ncnc3sccc23)CCO1. The third kappa shape index (κ3) is 2.93. The van der Waals surface area contributed by atoms with E-state index in [1.54, 1.807) is 16.2 Å². The number of hydrogen-bond donors (Lipinski definition) is 1. The largest absolute Gasteiger partial charge is 0.479 e. The Bertz CT molecular complexity index is 810. The maximum absolute atomic E-state index is 13.0. The van der Waals surface area contributed by atoms with Crippen molar-refractivity contribution in [3.8, 4) is 0 Å². The first-order chi connectivity index (χ1) is 12.1. The molecule has 132 valence electrons. The Hall–Kier alpha value is -2.26. The van der Waals surface area contributed by atoms with Crippen molar-refractivity contribution in [2.45, 2.75) is 25.0 Å². The van der Waals surface area contributed by atoms with Crippen LogP contribution in [0.1, 0.15) is 12.8 Å². The van der Waals surface area contributed by atoms with E-state index < -0.39 is 12.1 Å². The minimum absolute atomic E-state index is 0.0472. The number of hydrogen-bond acceptors (Lipinski definition) is 7. The number of anilines is 1. The molecule has 1 N–H and O–H groups in total. The number of morpholine rings is 1. The van der Waals surface area contributed by atoms with E-state index in [4.69, 9.17) is 9.84 Å². The van der Waals surface area contributed by atoms with Crippen molar-refractivity contribution in [2.24, 2.45) is 0 Å². The molecule has 0 unspecified atom stereocenters. The number of nitrogens with zero attached hydrogens (tertiary/aromatic N) is 4. The fourth-order valence-corrected chi connectivity index (χ4v) is 4.22. The Morgan fingerprint density at radius 3 is 3.04 bits per heavy atom. The number of carboxylic acid groups (broad SMARTS) is 1. The van der Waals surface area contributed by atoms with Gasteiger partial charge < -0.3 is 19.6 Å². The average Bonchev–Trinajstić information content (AvgIpc) is 3.30. The van der Waals surface area contributed by atoms with Gasteiger partial charge in [0.1, 0.15) is 23.0 Å². The van der Waals surface area contributed by atoms with Crippen LogP contribution in [0.25, 0.3) is 10.2 Å². The summed E-state index contributed by atoms with van der Waals surface area (Å²) in [6, 6.07) is 1.66. The highest BCUT2D eigenvalue weighted by molar-refractivity contribution is 7.16. The van der Waals surface area contributed by atoms with Gasteiger partial charge in [-0.1, -0.05) is 0 Å². The van der Waals surface area contributed by atoms with Gasteiger partial charge in [0.25, 0.3) is 0 Å². The van der Waals surface area contributed by atoms with Gasteiger partial charge in [-0.3, -0.25) is 4.79 Å². The van der Waals surface area contributed by atoms with Crippen LogP contribution in [0, 0.1) is 0 Å². The first kappa shape index (κ1) is 16.2. The number of fused-ring (bicyclic) bond motifs is 1. The summed E-state index contributed by atoms with van der Waals surface area (Å²) in [7, 11) is 0. The predicted molar refractivity (Wildman–Crippen MR) is 91.7 cm³/mol. The van der Waals surface area contributed by atoms with Crippen LogP contribution in [0.5, 0.6) is 0 Å². The van der Waals surface area contributed by atoms with Crippen LogP contribution in [-0.4, -0.2) is 70.2 Å². The zero-order valence-corrected chi connectivity index (χ0v) is 14.3. The number of aliphatic carboxylic acids is 1. The molecule has 2 aliphatic rings. The van der Waals surface area contributed by atoms with Crippen LogP contribution in [-0.2, 0) is 14.3 Å². The van der Waals surface area contributed by atoms with Crippen LogP contribution in [0.3, 0.4) is 0 Å². The molecule has 0 aliphatic carbocycles. The maximum Gasteiger partial charge on any atom is 0.334 e. The van der Waals surface area contributed by atoms with E-state index in [2.05, 4.69) is 9.97 Å². The number of aromatic nitrogens is 2. The first-order valence-corrected chi connectivity index (χ1v) is 9.11. The number of carbonyl (C=O) groups is 2. The van der Waals surface area contributed by atoms with Gasteiger partial charge >= 0.3 is 5.97 Å². The smallest absolute Gasteiger partial charge is 0.334 e. The maximum atomic E-state index is 13.0. The predicted octanol–water partition coefficient (Wildman–Crippen LogP) is 0.972. The molecule has 0 bridgehead atoms. The molecule has 0 radical (unpaired) electrons. The summed E-state index contributed by atoms with van der Waals surface area (Å²) in [6.45, 7) is 1.52. The summed E-state index contributed by atoms with van der Waals surface area (Å²) in [5.41, 5.74) is 0. The van der Waals surface area contributed by atoms with Crippen molar-refractivity contribution in [3.05, 3.63) is 17.8 Å². The number of carboxylic acids is 1. The zero-order chi connectivity index (χ0) is 17.4. The first-order valence-electron chi connectivity index (χ1n) is 8.23. The molecule has 2 fully saturated rings. The van der Waals surface area contributed by atoms with Crippen molar-refractivity contribution in [1.29, 1.82) is 0 Å². The Morgan fingerprint density at radius 1 is 1.32 bits per heavy atom. The Kier molecular flexibility index (Phi) is 4.26. The van der Waals surface area contributed by atoms with E-state index >= 15 is 0 Å². The van der Waals surface area contributed by atoms with Gasteiger partial charge in [-0.2, -0.15) is 0 Å². The summed E-state index contributed by atoms with van der Waals surface area (Å²) in [6.07, 6.45) is 2.22. The highest BCUT2D eigenvalue weighted by Crippen LogP contribution is 2.32. The molecule has 0 saturated carbocycles. The second-order valence-electron chi connectivity index (χ2n) is 6.17. The molecular formula is C16H18N4O4S. The highest BCUT2D eigenvalue weighted by Gasteiger charge is 2.38.